The van der Waals surface area contributed by atoms with Gasteiger partial charge in [0.05, 0.1) is 5.69 Å². The Morgan fingerprint density at radius 1 is 1.12 bits per heavy atom. The molecule has 0 saturated carbocycles. The zero-order chi connectivity index (χ0) is 16.8. The largest absolute Gasteiger partial charge is 0.319 e. The lowest BCUT2D eigenvalue weighted by Gasteiger charge is -2.25. The average Bonchev–Trinajstić information content (AvgIpc) is 3.11. The Hall–Kier alpha value is -1.08. The molecule has 0 bridgehead atoms. The number of carbonyl (C=O) groups is 1. The van der Waals surface area contributed by atoms with E-state index in [1.807, 2.05) is 24.3 Å². The molecule has 0 aromatic heterocycles. The van der Waals surface area contributed by atoms with E-state index in [0.717, 1.165) is 21.5 Å². The first-order valence-electron chi connectivity index (χ1n) is 7.35. The smallest absolute Gasteiger partial charge is 0.257 e. The van der Waals surface area contributed by atoms with E-state index >= 15 is 0 Å². The van der Waals surface area contributed by atoms with Gasteiger partial charge in [-0.3, -0.25) is 9.69 Å². The third kappa shape index (κ3) is 2.65. The number of anilines is 1. The van der Waals surface area contributed by atoms with Crippen molar-refractivity contribution in [2.45, 2.75) is 11.4 Å². The molecule has 2 unspecified atom stereocenters. The predicted octanol–water partition coefficient (Wildman–Crippen LogP) is 4.85. The molecular weight excluding hydrogens is 428 g/mol. The van der Waals surface area contributed by atoms with Crippen molar-refractivity contribution in [3.63, 3.8) is 0 Å². The Bertz CT molecular complexity index is 812. The van der Waals surface area contributed by atoms with Gasteiger partial charge in [-0.1, -0.05) is 39.7 Å². The van der Waals surface area contributed by atoms with Gasteiger partial charge in [0.25, 0.3) is 5.91 Å². The molecule has 1 amide bonds. The first-order valence-corrected chi connectivity index (χ1v) is 9.98. The van der Waals surface area contributed by atoms with Gasteiger partial charge in [-0.2, -0.15) is 0 Å². The minimum absolute atomic E-state index is 0.0365. The number of halogens is 2. The Balaban J connectivity index is 1.67. The monoisotopic (exact) mass is 438 g/mol. The number of thiocarbonyl (C=S) groups is 1. The molecule has 2 fully saturated rings. The standard InChI is InChI=1S/C17H12BrClN2OS2/c18-11-3-1-10(2-4-11)16-21-14(9-24-16)15(22)20(17(21)23)13-7-5-12(19)6-8-13/h1-8,14,16H,9H2. The fourth-order valence-electron chi connectivity index (χ4n) is 3.00. The number of nitrogens with zero attached hydrogens (tertiary/aromatic N) is 2. The van der Waals surface area contributed by atoms with Crippen LogP contribution in [0.2, 0.25) is 5.02 Å². The Labute approximate surface area is 163 Å². The lowest BCUT2D eigenvalue weighted by molar-refractivity contribution is -0.119. The van der Waals surface area contributed by atoms with E-state index in [1.165, 1.54) is 0 Å². The summed E-state index contributed by atoms with van der Waals surface area (Å²) in [5.41, 5.74) is 1.92. The zero-order valence-electron chi connectivity index (χ0n) is 12.4. The van der Waals surface area contributed by atoms with Crippen molar-refractivity contribution < 1.29 is 4.79 Å². The quantitative estimate of drug-likeness (QED) is 0.624. The summed E-state index contributed by atoms with van der Waals surface area (Å²) in [7, 11) is 0. The molecule has 2 aliphatic rings. The number of amides is 1. The number of carbonyl (C=O) groups excluding carboxylic acids is 1. The summed E-state index contributed by atoms with van der Waals surface area (Å²) in [5, 5.41) is 1.27. The van der Waals surface area contributed by atoms with Gasteiger partial charge in [-0.05, 0) is 54.2 Å². The summed E-state index contributed by atoms with van der Waals surface area (Å²) in [6, 6.07) is 15.2. The summed E-state index contributed by atoms with van der Waals surface area (Å²) in [6.45, 7) is 0. The second-order valence-corrected chi connectivity index (χ2v) is 8.42. The van der Waals surface area contributed by atoms with Crippen LogP contribution >= 0.6 is 51.5 Å². The molecule has 2 aromatic carbocycles. The van der Waals surface area contributed by atoms with Crippen LogP contribution in [0.1, 0.15) is 10.9 Å². The van der Waals surface area contributed by atoms with Crippen LogP contribution in [0, 0.1) is 0 Å². The molecule has 0 spiro atoms. The highest BCUT2D eigenvalue weighted by molar-refractivity contribution is 9.10. The molecule has 2 atom stereocenters. The van der Waals surface area contributed by atoms with Crippen molar-refractivity contribution in [1.82, 2.24) is 4.90 Å². The fraction of sp³-hybridized carbons (Fsp3) is 0.176. The number of fused-ring (bicyclic) bond motifs is 1. The van der Waals surface area contributed by atoms with Crippen molar-refractivity contribution in [1.29, 1.82) is 0 Å². The molecule has 2 aliphatic heterocycles. The van der Waals surface area contributed by atoms with Gasteiger partial charge in [0.2, 0.25) is 0 Å². The maximum Gasteiger partial charge on any atom is 0.257 e. The molecule has 0 aliphatic carbocycles. The molecular formula is C17H12BrClN2OS2. The van der Waals surface area contributed by atoms with Gasteiger partial charge < -0.3 is 4.90 Å². The topological polar surface area (TPSA) is 23.6 Å². The van der Waals surface area contributed by atoms with E-state index in [0.29, 0.717) is 10.1 Å². The lowest BCUT2D eigenvalue weighted by Crippen LogP contribution is -2.33. The van der Waals surface area contributed by atoms with Crippen LogP contribution in [-0.4, -0.2) is 27.7 Å². The van der Waals surface area contributed by atoms with Crippen LogP contribution in [0.3, 0.4) is 0 Å². The molecule has 3 nitrogen and oxygen atoms in total. The fourth-order valence-corrected chi connectivity index (χ4v) is 5.31. The number of hydrogen-bond donors (Lipinski definition) is 0. The highest BCUT2D eigenvalue weighted by Gasteiger charge is 2.50. The highest BCUT2D eigenvalue weighted by atomic mass is 79.9. The minimum atomic E-state index is -0.202. The van der Waals surface area contributed by atoms with E-state index in [-0.39, 0.29) is 17.3 Å². The maximum absolute atomic E-state index is 12.9. The summed E-state index contributed by atoms with van der Waals surface area (Å²) in [4.78, 5) is 16.5. The summed E-state index contributed by atoms with van der Waals surface area (Å²) >= 11 is 16.8. The van der Waals surface area contributed by atoms with E-state index < -0.39 is 0 Å². The summed E-state index contributed by atoms with van der Waals surface area (Å²) in [5.74, 6) is 0.776. The van der Waals surface area contributed by atoms with Crippen LogP contribution in [-0.2, 0) is 4.79 Å². The SMILES string of the molecule is O=C1C2CSC(c3ccc(Br)cc3)N2C(=S)N1c1ccc(Cl)cc1. The molecule has 2 saturated heterocycles. The van der Waals surface area contributed by atoms with E-state index in [1.54, 1.807) is 28.8 Å². The van der Waals surface area contributed by atoms with Crippen LogP contribution in [0.4, 0.5) is 5.69 Å². The molecule has 2 aromatic rings. The van der Waals surface area contributed by atoms with Crippen molar-refractivity contribution in [3.05, 3.63) is 63.6 Å². The second-order valence-electron chi connectivity index (χ2n) is 5.59. The maximum atomic E-state index is 12.9. The number of thioether (sulfide) groups is 1. The van der Waals surface area contributed by atoms with E-state index in [2.05, 4.69) is 33.0 Å². The first-order chi connectivity index (χ1) is 11.6. The Kier molecular flexibility index (Phi) is 4.33. The number of benzene rings is 2. The summed E-state index contributed by atoms with van der Waals surface area (Å²) in [6.07, 6.45) is 0. The zero-order valence-corrected chi connectivity index (χ0v) is 16.3. The third-order valence-electron chi connectivity index (χ3n) is 4.16. The van der Waals surface area contributed by atoms with E-state index in [4.69, 9.17) is 23.8 Å². The van der Waals surface area contributed by atoms with Crippen molar-refractivity contribution >= 4 is 68.2 Å². The van der Waals surface area contributed by atoms with Crippen LogP contribution in [0.25, 0.3) is 0 Å². The Morgan fingerprint density at radius 2 is 1.79 bits per heavy atom. The van der Waals surface area contributed by atoms with Gasteiger partial charge in [-0.25, -0.2) is 0 Å². The van der Waals surface area contributed by atoms with Crippen LogP contribution in [0.15, 0.2) is 53.0 Å². The van der Waals surface area contributed by atoms with Crippen molar-refractivity contribution in [3.8, 4) is 0 Å². The van der Waals surface area contributed by atoms with Gasteiger partial charge >= 0.3 is 0 Å². The number of rotatable bonds is 2. The van der Waals surface area contributed by atoms with E-state index in [9.17, 15) is 4.79 Å². The minimum Gasteiger partial charge on any atom is -0.319 e. The highest BCUT2D eigenvalue weighted by Crippen LogP contribution is 2.46. The van der Waals surface area contributed by atoms with Crippen molar-refractivity contribution in [2.24, 2.45) is 0 Å². The second kappa shape index (κ2) is 6.33. The van der Waals surface area contributed by atoms with Crippen LogP contribution < -0.4 is 4.90 Å². The lowest BCUT2D eigenvalue weighted by atomic mass is 10.2. The van der Waals surface area contributed by atoms with Crippen LogP contribution in [0.5, 0.6) is 0 Å². The average molecular weight is 440 g/mol. The molecule has 4 rings (SSSR count). The van der Waals surface area contributed by atoms with Crippen molar-refractivity contribution in [2.75, 3.05) is 10.7 Å². The summed E-state index contributed by atoms with van der Waals surface area (Å²) < 4.78 is 1.04. The molecule has 0 radical (unpaired) electrons. The normalized spacial score (nSPS) is 23.1. The molecule has 24 heavy (non-hydrogen) atoms. The van der Waals surface area contributed by atoms with Gasteiger partial charge in [-0.15, -0.1) is 11.8 Å². The molecule has 122 valence electrons. The first kappa shape index (κ1) is 16.4. The predicted molar refractivity (Wildman–Crippen MR) is 107 cm³/mol. The number of hydrogen-bond acceptors (Lipinski definition) is 3. The van der Waals surface area contributed by atoms with Gasteiger partial charge in [0.15, 0.2) is 5.11 Å². The molecule has 2 heterocycles. The molecule has 7 heteroatoms. The Morgan fingerprint density at radius 3 is 2.46 bits per heavy atom. The molecule has 0 N–H and O–H groups in total. The van der Waals surface area contributed by atoms with Gasteiger partial charge in [0, 0.05) is 15.2 Å². The van der Waals surface area contributed by atoms with Gasteiger partial charge in [0.1, 0.15) is 11.4 Å². The third-order valence-corrected chi connectivity index (χ3v) is 6.66.